The van der Waals surface area contributed by atoms with Gasteiger partial charge in [0, 0.05) is 5.41 Å². The van der Waals surface area contributed by atoms with E-state index in [4.69, 9.17) is 4.74 Å². The van der Waals surface area contributed by atoms with Crippen LogP contribution in [0.3, 0.4) is 0 Å². The van der Waals surface area contributed by atoms with Crippen molar-refractivity contribution in [3.05, 3.63) is 0 Å². The molecule has 0 aromatic heterocycles. The second-order valence-corrected chi connectivity index (χ2v) is 4.64. The summed E-state index contributed by atoms with van der Waals surface area (Å²) in [5.41, 5.74) is -1.61. The van der Waals surface area contributed by atoms with Gasteiger partial charge in [-0.15, -0.1) is 0 Å². The standard InChI is InChI=1S/C11H17NO4/c1-2-16-9(15)11(8(13)14)7-10(11)3-5-12-6-4-10/h12H,2-7H2,1H3,(H,13,14). The number of carbonyl (C=O) groups excluding carboxylic acids is 1. The topological polar surface area (TPSA) is 75.6 Å². The third-order valence-electron chi connectivity index (χ3n) is 3.93. The lowest BCUT2D eigenvalue weighted by Crippen LogP contribution is -2.39. The van der Waals surface area contributed by atoms with Gasteiger partial charge in [0.25, 0.3) is 0 Å². The van der Waals surface area contributed by atoms with Crippen molar-refractivity contribution in [3.63, 3.8) is 0 Å². The molecule has 2 fully saturated rings. The van der Waals surface area contributed by atoms with Crippen LogP contribution in [-0.2, 0) is 14.3 Å². The van der Waals surface area contributed by atoms with Crippen LogP contribution in [-0.4, -0.2) is 36.7 Å². The van der Waals surface area contributed by atoms with Gasteiger partial charge in [0.2, 0.25) is 0 Å². The van der Waals surface area contributed by atoms with Crippen molar-refractivity contribution in [2.75, 3.05) is 19.7 Å². The summed E-state index contributed by atoms with van der Waals surface area (Å²) in [4.78, 5) is 23.2. The van der Waals surface area contributed by atoms with Gasteiger partial charge in [-0.05, 0) is 39.3 Å². The van der Waals surface area contributed by atoms with E-state index in [-0.39, 0.29) is 12.0 Å². The van der Waals surface area contributed by atoms with Gasteiger partial charge in [0.1, 0.15) is 0 Å². The highest BCUT2D eigenvalue weighted by molar-refractivity contribution is 6.04. The fourth-order valence-corrected chi connectivity index (χ4v) is 2.91. The molecular formula is C11H17NO4. The number of carbonyl (C=O) groups is 2. The number of hydrogen-bond donors (Lipinski definition) is 2. The van der Waals surface area contributed by atoms with Gasteiger partial charge < -0.3 is 15.2 Å². The van der Waals surface area contributed by atoms with E-state index in [9.17, 15) is 14.7 Å². The smallest absolute Gasteiger partial charge is 0.324 e. The van der Waals surface area contributed by atoms with Gasteiger partial charge in [0.15, 0.2) is 5.41 Å². The summed E-state index contributed by atoms with van der Waals surface area (Å²) >= 11 is 0. The molecule has 1 unspecified atom stereocenters. The van der Waals surface area contributed by atoms with Crippen LogP contribution >= 0.6 is 0 Å². The molecule has 1 saturated carbocycles. The number of esters is 1. The molecule has 0 amide bonds. The molecule has 2 N–H and O–H groups in total. The third-order valence-corrected chi connectivity index (χ3v) is 3.93. The van der Waals surface area contributed by atoms with E-state index in [1.165, 1.54) is 0 Å². The van der Waals surface area contributed by atoms with Crippen molar-refractivity contribution >= 4 is 11.9 Å². The highest BCUT2D eigenvalue weighted by Crippen LogP contribution is 2.69. The highest BCUT2D eigenvalue weighted by Gasteiger charge is 2.77. The largest absolute Gasteiger partial charge is 0.480 e. The second kappa shape index (κ2) is 3.73. The number of piperidine rings is 1. The van der Waals surface area contributed by atoms with Gasteiger partial charge in [-0.1, -0.05) is 0 Å². The normalized spacial score (nSPS) is 31.1. The van der Waals surface area contributed by atoms with E-state index in [0.29, 0.717) is 6.42 Å². The Balaban J connectivity index is 2.20. The SMILES string of the molecule is CCOC(=O)C1(C(=O)O)CC12CCNCC2. The number of nitrogens with one attached hydrogen (secondary N) is 1. The van der Waals surface area contributed by atoms with Gasteiger partial charge in [-0.25, -0.2) is 0 Å². The Morgan fingerprint density at radius 1 is 1.38 bits per heavy atom. The van der Waals surface area contributed by atoms with E-state index in [1.54, 1.807) is 6.92 Å². The van der Waals surface area contributed by atoms with Crippen LogP contribution in [0.1, 0.15) is 26.2 Å². The van der Waals surface area contributed by atoms with E-state index in [0.717, 1.165) is 25.9 Å². The van der Waals surface area contributed by atoms with Crippen LogP contribution in [0.4, 0.5) is 0 Å². The lowest BCUT2D eigenvalue weighted by Gasteiger charge is -2.26. The number of carboxylic acids is 1. The quantitative estimate of drug-likeness (QED) is 0.539. The van der Waals surface area contributed by atoms with Crippen LogP contribution in [0.5, 0.6) is 0 Å². The molecule has 16 heavy (non-hydrogen) atoms. The number of hydrogen-bond acceptors (Lipinski definition) is 4. The molecule has 1 spiro atoms. The molecule has 1 aliphatic heterocycles. The molecule has 0 aromatic carbocycles. The first-order valence-corrected chi connectivity index (χ1v) is 5.70. The minimum atomic E-state index is -1.26. The maximum atomic E-state index is 11.8. The molecule has 1 atom stereocenters. The third kappa shape index (κ3) is 1.34. The summed E-state index contributed by atoms with van der Waals surface area (Å²) in [6, 6.07) is 0. The Morgan fingerprint density at radius 3 is 2.50 bits per heavy atom. The number of rotatable bonds is 3. The van der Waals surface area contributed by atoms with Crippen molar-refractivity contribution in [2.45, 2.75) is 26.2 Å². The molecule has 90 valence electrons. The lowest BCUT2D eigenvalue weighted by molar-refractivity contribution is -0.163. The molecule has 1 heterocycles. The van der Waals surface area contributed by atoms with Crippen LogP contribution in [0, 0.1) is 10.8 Å². The number of aliphatic carboxylic acids is 1. The summed E-state index contributed by atoms with van der Waals surface area (Å²) in [6.07, 6.45) is 1.94. The Morgan fingerprint density at radius 2 is 2.00 bits per heavy atom. The van der Waals surface area contributed by atoms with Gasteiger partial charge in [-0.2, -0.15) is 0 Å². The van der Waals surface area contributed by atoms with Gasteiger partial charge in [-0.3, -0.25) is 9.59 Å². The summed E-state index contributed by atoms with van der Waals surface area (Å²) in [5, 5.41) is 12.5. The Labute approximate surface area is 94.2 Å². The molecule has 5 nitrogen and oxygen atoms in total. The molecule has 5 heteroatoms. The fourth-order valence-electron chi connectivity index (χ4n) is 2.91. The summed E-state index contributed by atoms with van der Waals surface area (Å²) < 4.78 is 4.92. The molecule has 1 saturated heterocycles. The zero-order valence-corrected chi connectivity index (χ0v) is 9.41. The molecule has 2 aliphatic rings. The summed E-state index contributed by atoms with van der Waals surface area (Å²) in [6.45, 7) is 3.51. The Hall–Kier alpha value is -1.10. The minimum absolute atomic E-state index is 0.238. The molecule has 0 bridgehead atoms. The second-order valence-electron chi connectivity index (χ2n) is 4.64. The van der Waals surface area contributed by atoms with E-state index in [1.807, 2.05) is 0 Å². The van der Waals surface area contributed by atoms with Crippen LogP contribution < -0.4 is 5.32 Å². The minimum Gasteiger partial charge on any atom is -0.480 e. The molecule has 0 radical (unpaired) electrons. The molecule has 1 aliphatic carbocycles. The predicted octanol–water partition coefficient (Wildman–Crippen LogP) is 0.394. The van der Waals surface area contributed by atoms with Crippen LogP contribution in [0.15, 0.2) is 0 Å². The van der Waals surface area contributed by atoms with Crippen LogP contribution in [0.25, 0.3) is 0 Å². The Kier molecular flexibility index (Phi) is 2.66. The Bertz CT molecular complexity index is 322. The van der Waals surface area contributed by atoms with Crippen molar-refractivity contribution in [1.82, 2.24) is 5.32 Å². The van der Waals surface area contributed by atoms with Crippen molar-refractivity contribution in [2.24, 2.45) is 10.8 Å². The van der Waals surface area contributed by atoms with E-state index < -0.39 is 17.4 Å². The number of ether oxygens (including phenoxy) is 1. The number of carboxylic acid groups (broad SMARTS) is 1. The first-order chi connectivity index (χ1) is 7.59. The van der Waals surface area contributed by atoms with Crippen molar-refractivity contribution in [3.8, 4) is 0 Å². The van der Waals surface area contributed by atoms with E-state index in [2.05, 4.69) is 5.32 Å². The monoisotopic (exact) mass is 227 g/mol. The molecule has 0 aromatic rings. The lowest BCUT2D eigenvalue weighted by atomic mass is 9.84. The van der Waals surface area contributed by atoms with Gasteiger partial charge in [0.05, 0.1) is 6.61 Å². The first-order valence-electron chi connectivity index (χ1n) is 5.70. The average Bonchev–Trinajstić information content (AvgIpc) is 2.89. The fraction of sp³-hybridized carbons (Fsp3) is 0.818. The van der Waals surface area contributed by atoms with Gasteiger partial charge >= 0.3 is 11.9 Å². The molecule has 2 rings (SSSR count). The maximum absolute atomic E-state index is 11.8. The average molecular weight is 227 g/mol. The van der Waals surface area contributed by atoms with E-state index >= 15 is 0 Å². The maximum Gasteiger partial charge on any atom is 0.324 e. The summed E-state index contributed by atoms with van der Waals surface area (Å²) in [5.74, 6) is -1.57. The van der Waals surface area contributed by atoms with Crippen LogP contribution in [0.2, 0.25) is 0 Å². The van der Waals surface area contributed by atoms with Crippen molar-refractivity contribution < 1.29 is 19.4 Å². The zero-order valence-electron chi connectivity index (χ0n) is 9.41. The first kappa shape index (κ1) is 11.4. The summed E-state index contributed by atoms with van der Waals surface area (Å²) in [7, 11) is 0. The predicted molar refractivity (Wildman–Crippen MR) is 55.9 cm³/mol. The zero-order chi connectivity index (χ0) is 11.8. The van der Waals surface area contributed by atoms with Crippen molar-refractivity contribution in [1.29, 1.82) is 0 Å². The highest BCUT2D eigenvalue weighted by atomic mass is 16.5. The molecular weight excluding hydrogens is 210 g/mol.